The Morgan fingerprint density at radius 3 is 2.81 bits per heavy atom. The van der Waals surface area contributed by atoms with Gasteiger partial charge in [0.15, 0.2) is 0 Å². The number of carbonyl (C=O) groups is 3. The zero-order valence-electron chi connectivity index (χ0n) is 14.9. The number of thiophene rings is 1. The quantitative estimate of drug-likeness (QED) is 0.745. The lowest BCUT2D eigenvalue weighted by atomic mass is 10.2. The summed E-state index contributed by atoms with van der Waals surface area (Å²) in [5, 5.41) is 9.01. The van der Waals surface area contributed by atoms with E-state index in [9.17, 15) is 14.4 Å². The highest BCUT2D eigenvalue weighted by molar-refractivity contribution is 7.07. The van der Waals surface area contributed by atoms with Gasteiger partial charge in [0.25, 0.3) is 0 Å². The van der Waals surface area contributed by atoms with Crippen molar-refractivity contribution < 1.29 is 19.1 Å². The van der Waals surface area contributed by atoms with E-state index in [0.717, 1.165) is 12.0 Å². The van der Waals surface area contributed by atoms with Gasteiger partial charge in [-0.1, -0.05) is 6.07 Å². The zero-order chi connectivity index (χ0) is 19.2. The summed E-state index contributed by atoms with van der Waals surface area (Å²) in [7, 11) is 1.56. The van der Waals surface area contributed by atoms with Crippen molar-refractivity contribution in [2.24, 2.45) is 0 Å². The number of amides is 3. The molecule has 2 heterocycles. The Kier molecular flexibility index (Phi) is 6.20. The van der Waals surface area contributed by atoms with Crippen LogP contribution in [0.5, 0.6) is 0 Å². The molecular weight excluding hydrogens is 366 g/mol. The van der Waals surface area contributed by atoms with Gasteiger partial charge in [0, 0.05) is 38.0 Å². The summed E-state index contributed by atoms with van der Waals surface area (Å²) in [6.07, 6.45) is 1.05. The van der Waals surface area contributed by atoms with E-state index in [1.807, 2.05) is 22.9 Å². The van der Waals surface area contributed by atoms with Crippen LogP contribution in [0.3, 0.4) is 0 Å². The van der Waals surface area contributed by atoms with Crippen molar-refractivity contribution in [1.29, 1.82) is 0 Å². The number of nitrogens with zero attached hydrogens (tertiary/aromatic N) is 1. The number of hydrogen-bond acceptors (Lipinski definition) is 5. The molecule has 0 radical (unpaired) electrons. The minimum absolute atomic E-state index is 0.0651. The van der Waals surface area contributed by atoms with Gasteiger partial charge >= 0.3 is 11.8 Å². The number of rotatable bonds is 6. The molecule has 1 fully saturated rings. The van der Waals surface area contributed by atoms with Crippen molar-refractivity contribution in [2.45, 2.75) is 18.9 Å². The first-order chi connectivity index (χ1) is 13.1. The van der Waals surface area contributed by atoms with Crippen LogP contribution in [0.15, 0.2) is 41.1 Å². The summed E-state index contributed by atoms with van der Waals surface area (Å²) < 4.78 is 5.35. The van der Waals surface area contributed by atoms with Crippen LogP contribution in [-0.2, 0) is 19.1 Å². The van der Waals surface area contributed by atoms with Crippen LogP contribution in [0.1, 0.15) is 24.5 Å². The fourth-order valence-corrected chi connectivity index (χ4v) is 3.62. The summed E-state index contributed by atoms with van der Waals surface area (Å²) >= 11 is 1.54. The molecule has 27 heavy (non-hydrogen) atoms. The molecule has 8 heteroatoms. The van der Waals surface area contributed by atoms with Gasteiger partial charge in [-0.25, -0.2) is 0 Å². The monoisotopic (exact) mass is 387 g/mol. The Morgan fingerprint density at radius 2 is 2.15 bits per heavy atom. The van der Waals surface area contributed by atoms with Crippen LogP contribution in [0, 0.1) is 0 Å². The molecule has 1 aromatic heterocycles. The first-order valence-electron chi connectivity index (χ1n) is 8.63. The van der Waals surface area contributed by atoms with E-state index in [-0.39, 0.29) is 18.6 Å². The third-order valence-corrected chi connectivity index (χ3v) is 5.04. The van der Waals surface area contributed by atoms with Crippen LogP contribution in [0.2, 0.25) is 0 Å². The SMILES string of the molecule is COC(CNC(=O)C(=O)Nc1cccc(N2CCCC2=O)c1)c1ccsc1. The van der Waals surface area contributed by atoms with Gasteiger partial charge in [-0.3, -0.25) is 14.4 Å². The number of carbonyl (C=O) groups excluding carboxylic acids is 3. The van der Waals surface area contributed by atoms with Crippen molar-refractivity contribution in [3.63, 3.8) is 0 Å². The molecule has 7 nitrogen and oxygen atoms in total. The van der Waals surface area contributed by atoms with Crippen molar-refractivity contribution >= 4 is 40.4 Å². The van der Waals surface area contributed by atoms with Crippen molar-refractivity contribution in [3.05, 3.63) is 46.7 Å². The lowest BCUT2D eigenvalue weighted by Crippen LogP contribution is -2.38. The molecule has 1 aliphatic rings. The smallest absolute Gasteiger partial charge is 0.313 e. The first-order valence-corrected chi connectivity index (χ1v) is 9.57. The van der Waals surface area contributed by atoms with Crippen molar-refractivity contribution in [3.8, 4) is 0 Å². The maximum atomic E-state index is 12.2. The number of benzene rings is 1. The molecule has 142 valence electrons. The molecule has 3 rings (SSSR count). The van der Waals surface area contributed by atoms with Crippen LogP contribution < -0.4 is 15.5 Å². The van der Waals surface area contributed by atoms with Crippen molar-refractivity contribution in [2.75, 3.05) is 30.4 Å². The minimum Gasteiger partial charge on any atom is -0.375 e. The van der Waals surface area contributed by atoms with E-state index >= 15 is 0 Å². The topological polar surface area (TPSA) is 87.7 Å². The second-order valence-corrected chi connectivity index (χ2v) is 6.92. The molecule has 2 N–H and O–H groups in total. The molecule has 1 unspecified atom stereocenters. The number of methoxy groups -OCH3 is 1. The first kappa shape index (κ1) is 19.1. The van der Waals surface area contributed by atoms with E-state index in [2.05, 4.69) is 10.6 Å². The maximum Gasteiger partial charge on any atom is 0.313 e. The third kappa shape index (κ3) is 4.72. The van der Waals surface area contributed by atoms with Gasteiger partial charge in [0.2, 0.25) is 5.91 Å². The summed E-state index contributed by atoms with van der Waals surface area (Å²) in [6.45, 7) is 0.861. The highest BCUT2D eigenvalue weighted by Gasteiger charge is 2.22. The summed E-state index contributed by atoms with van der Waals surface area (Å²) in [4.78, 5) is 37.8. The number of ether oxygens (including phenoxy) is 1. The Bertz CT molecular complexity index is 822. The fraction of sp³-hybridized carbons (Fsp3) is 0.316. The fourth-order valence-electron chi connectivity index (χ4n) is 2.92. The lowest BCUT2D eigenvalue weighted by molar-refractivity contribution is -0.136. The lowest BCUT2D eigenvalue weighted by Gasteiger charge is -2.17. The Morgan fingerprint density at radius 1 is 1.30 bits per heavy atom. The van der Waals surface area contributed by atoms with Gasteiger partial charge in [-0.2, -0.15) is 11.3 Å². The number of hydrogen-bond donors (Lipinski definition) is 2. The Hall–Kier alpha value is -2.71. The van der Waals surface area contributed by atoms with Gasteiger partial charge in [-0.15, -0.1) is 0 Å². The number of nitrogens with one attached hydrogen (secondary N) is 2. The normalized spacial score (nSPS) is 14.9. The van der Waals surface area contributed by atoms with E-state index in [4.69, 9.17) is 4.74 Å². The summed E-state index contributed by atoms with van der Waals surface area (Å²) in [5.74, 6) is -1.44. The standard InChI is InChI=1S/C19H21N3O4S/c1-26-16(13-7-9-27-12-13)11-20-18(24)19(25)21-14-4-2-5-15(10-14)22-8-3-6-17(22)23/h2,4-5,7,9-10,12,16H,3,6,8,11H2,1H3,(H,20,24)(H,21,25). The minimum atomic E-state index is -0.764. The van der Waals surface area contributed by atoms with Crippen LogP contribution >= 0.6 is 11.3 Å². The molecule has 1 aromatic carbocycles. The van der Waals surface area contributed by atoms with Crippen LogP contribution in [0.25, 0.3) is 0 Å². The van der Waals surface area contributed by atoms with E-state index in [0.29, 0.717) is 24.3 Å². The molecule has 0 spiro atoms. The highest BCUT2D eigenvalue weighted by Crippen LogP contribution is 2.24. The molecular formula is C19H21N3O4S. The van der Waals surface area contributed by atoms with E-state index in [1.165, 1.54) is 11.3 Å². The van der Waals surface area contributed by atoms with E-state index < -0.39 is 11.8 Å². The van der Waals surface area contributed by atoms with Crippen molar-refractivity contribution in [1.82, 2.24) is 5.32 Å². The average Bonchev–Trinajstić information content (AvgIpc) is 3.34. The van der Waals surface area contributed by atoms with Gasteiger partial charge in [-0.05, 0) is 47.0 Å². The third-order valence-electron chi connectivity index (χ3n) is 4.34. The molecule has 0 aliphatic carbocycles. The second kappa shape index (κ2) is 8.79. The Balaban J connectivity index is 1.56. The van der Waals surface area contributed by atoms with Gasteiger partial charge in [0.1, 0.15) is 6.10 Å². The predicted molar refractivity (Wildman–Crippen MR) is 104 cm³/mol. The summed E-state index contributed by atoms with van der Waals surface area (Å²) in [6, 6.07) is 8.83. The summed E-state index contributed by atoms with van der Waals surface area (Å²) in [5.41, 5.74) is 2.13. The van der Waals surface area contributed by atoms with Gasteiger partial charge < -0.3 is 20.3 Å². The Labute approximate surface area is 161 Å². The number of anilines is 2. The maximum absolute atomic E-state index is 12.2. The largest absolute Gasteiger partial charge is 0.375 e. The average molecular weight is 387 g/mol. The molecule has 1 saturated heterocycles. The van der Waals surface area contributed by atoms with Crippen LogP contribution in [0.4, 0.5) is 11.4 Å². The molecule has 2 aromatic rings. The van der Waals surface area contributed by atoms with E-state index in [1.54, 1.807) is 30.2 Å². The zero-order valence-corrected chi connectivity index (χ0v) is 15.8. The van der Waals surface area contributed by atoms with Gasteiger partial charge in [0.05, 0.1) is 0 Å². The molecule has 1 aliphatic heterocycles. The molecule has 1 atom stereocenters. The molecule has 3 amide bonds. The second-order valence-electron chi connectivity index (χ2n) is 6.14. The predicted octanol–water partition coefficient (Wildman–Crippen LogP) is 2.32. The molecule has 0 saturated carbocycles. The highest BCUT2D eigenvalue weighted by atomic mass is 32.1. The van der Waals surface area contributed by atoms with Crippen LogP contribution in [-0.4, -0.2) is 37.9 Å². The molecule has 0 bridgehead atoms.